The highest BCUT2D eigenvalue weighted by atomic mass is 32.2. The molecular formula is C24H28N2O9S2. The number of benzene rings is 1. The first-order valence-electron chi connectivity index (χ1n) is 11.4. The number of carbonyl (C=O) groups is 3. The predicted octanol–water partition coefficient (Wildman–Crippen LogP) is 2.15. The fourth-order valence-electron chi connectivity index (χ4n) is 5.08. The van der Waals surface area contributed by atoms with E-state index in [-0.39, 0.29) is 17.7 Å². The maximum Gasteiger partial charge on any atom is 0.412 e. The molecule has 4 rings (SSSR count). The molecule has 2 N–H and O–H groups in total. The summed E-state index contributed by atoms with van der Waals surface area (Å²) in [5.74, 6) is -3.81. The number of carbonyl (C=O) groups excluding carboxylic acids is 3. The Morgan fingerprint density at radius 1 is 1.03 bits per heavy atom. The largest absolute Gasteiger partial charge is 0.469 e. The highest BCUT2D eigenvalue weighted by Crippen LogP contribution is 2.51. The minimum atomic E-state index is -4.13. The molecule has 200 valence electrons. The number of nitrogens with zero attached hydrogens (tertiary/aromatic N) is 1. The Hall–Kier alpha value is -3.00. The molecule has 11 nitrogen and oxygen atoms in total. The number of nitrogens with one attached hydrogen (secondary N) is 1. The summed E-state index contributed by atoms with van der Waals surface area (Å²) in [6.07, 6.45) is -1.67. The minimum absolute atomic E-state index is 0.00688. The van der Waals surface area contributed by atoms with Gasteiger partial charge in [-0.25, -0.2) is 13.2 Å². The molecule has 1 aromatic carbocycles. The molecule has 13 heteroatoms. The summed E-state index contributed by atoms with van der Waals surface area (Å²) >= 11 is 1.24. The van der Waals surface area contributed by atoms with E-state index in [0.717, 1.165) is 24.1 Å². The first kappa shape index (κ1) is 27.0. The quantitative estimate of drug-likeness (QED) is 0.406. The third-order valence-corrected chi connectivity index (χ3v) is 9.60. The molecule has 2 heterocycles. The van der Waals surface area contributed by atoms with Crippen LogP contribution in [0.5, 0.6) is 0 Å². The van der Waals surface area contributed by atoms with E-state index < -0.39 is 64.2 Å². The zero-order valence-corrected chi connectivity index (χ0v) is 22.1. The van der Waals surface area contributed by atoms with E-state index in [4.69, 9.17) is 14.2 Å². The summed E-state index contributed by atoms with van der Waals surface area (Å²) in [5, 5.41) is 16.7. The molecule has 1 aromatic heterocycles. The number of fused-ring (bicyclic) bond motifs is 1. The molecule has 2 fully saturated rings. The third-order valence-electron chi connectivity index (χ3n) is 7.01. The van der Waals surface area contributed by atoms with Crippen molar-refractivity contribution in [2.24, 2.45) is 11.8 Å². The van der Waals surface area contributed by atoms with Crippen LogP contribution in [-0.4, -0.2) is 74.4 Å². The van der Waals surface area contributed by atoms with E-state index >= 15 is 0 Å². The third kappa shape index (κ3) is 4.96. The molecule has 2 aromatic rings. The first-order chi connectivity index (χ1) is 17.4. The number of hydrogen-bond acceptors (Lipinski definition) is 10. The number of aryl methyl sites for hydroxylation is 1. The molecule has 4 atom stereocenters. The lowest BCUT2D eigenvalue weighted by Crippen LogP contribution is -2.63. The van der Waals surface area contributed by atoms with E-state index in [1.807, 2.05) is 6.92 Å². The molecule has 1 saturated heterocycles. The lowest BCUT2D eigenvalue weighted by atomic mass is 9.64. The number of aliphatic hydroxyl groups is 1. The van der Waals surface area contributed by atoms with Gasteiger partial charge in [0.1, 0.15) is 5.60 Å². The SMILES string of the molecule is COC(=O)[C@H]1C[C@@]2(O)CN(S(=O)(=O)c3ccc(C)cc3)C[C@@]2(OC(=O)Nc2cccs2)C[C@H]1C(=O)OC. The number of hydrogen-bond donors (Lipinski definition) is 2. The smallest absolute Gasteiger partial charge is 0.412 e. The van der Waals surface area contributed by atoms with Crippen molar-refractivity contribution in [3.05, 3.63) is 47.3 Å². The van der Waals surface area contributed by atoms with Gasteiger partial charge >= 0.3 is 18.0 Å². The Morgan fingerprint density at radius 2 is 1.65 bits per heavy atom. The molecule has 1 aliphatic heterocycles. The number of amides is 1. The standard InChI is InChI=1S/C24H28N2O9S2/c1-15-6-8-16(9-7-15)37(31,32)26-13-23(30)11-17(20(27)33-2)18(21(28)34-3)12-24(23,14-26)35-22(29)25-19-5-4-10-36-19/h4-10,17-18,30H,11-14H2,1-3H3,(H,25,29)/t17-,18+,23+,24-/m0/s1. The van der Waals surface area contributed by atoms with Crippen molar-refractivity contribution < 1.29 is 42.1 Å². The molecule has 1 saturated carbocycles. The molecular weight excluding hydrogens is 524 g/mol. The van der Waals surface area contributed by atoms with Gasteiger partial charge in [0.15, 0.2) is 5.60 Å². The fourth-order valence-corrected chi connectivity index (χ4v) is 7.23. The van der Waals surface area contributed by atoms with Gasteiger partial charge in [0.25, 0.3) is 0 Å². The monoisotopic (exact) mass is 552 g/mol. The van der Waals surface area contributed by atoms with Crippen molar-refractivity contribution in [3.8, 4) is 0 Å². The van der Waals surface area contributed by atoms with Crippen LogP contribution in [0.2, 0.25) is 0 Å². The summed E-state index contributed by atoms with van der Waals surface area (Å²) in [6.45, 7) is 0.925. The molecule has 0 bridgehead atoms. The Morgan fingerprint density at radius 3 is 2.22 bits per heavy atom. The second-order valence-corrected chi connectivity index (χ2v) is 12.2. The molecule has 2 aliphatic rings. The van der Waals surface area contributed by atoms with E-state index in [2.05, 4.69) is 5.32 Å². The Balaban J connectivity index is 1.75. The van der Waals surface area contributed by atoms with E-state index in [1.54, 1.807) is 29.6 Å². The average Bonchev–Trinajstić information content (AvgIpc) is 3.47. The number of methoxy groups -OCH3 is 2. The van der Waals surface area contributed by atoms with Gasteiger partial charge in [-0.15, -0.1) is 11.3 Å². The topological polar surface area (TPSA) is 149 Å². The lowest BCUT2D eigenvalue weighted by Gasteiger charge is -2.48. The number of β-amino-alcohol motifs (C(OH)–C–C–N with tert-alkyl or cyclic N) is 1. The van der Waals surface area contributed by atoms with Gasteiger partial charge < -0.3 is 19.3 Å². The van der Waals surface area contributed by atoms with Crippen LogP contribution in [0.3, 0.4) is 0 Å². The van der Waals surface area contributed by atoms with E-state index in [9.17, 15) is 27.9 Å². The summed E-state index contributed by atoms with van der Waals surface area (Å²) in [4.78, 5) is 38.2. The van der Waals surface area contributed by atoms with Crippen LogP contribution in [-0.2, 0) is 33.8 Å². The molecule has 0 spiro atoms. The maximum atomic E-state index is 13.5. The highest BCUT2D eigenvalue weighted by Gasteiger charge is 2.68. The lowest BCUT2D eigenvalue weighted by molar-refractivity contribution is -0.191. The predicted molar refractivity (Wildman–Crippen MR) is 132 cm³/mol. The fraction of sp³-hybridized carbons (Fsp3) is 0.458. The zero-order valence-electron chi connectivity index (χ0n) is 20.5. The minimum Gasteiger partial charge on any atom is -0.469 e. The normalized spacial score (nSPS) is 27.7. The average molecular weight is 553 g/mol. The van der Waals surface area contributed by atoms with Crippen LogP contribution in [0, 0.1) is 18.8 Å². The van der Waals surface area contributed by atoms with Crippen molar-refractivity contribution in [2.45, 2.75) is 35.9 Å². The van der Waals surface area contributed by atoms with Gasteiger partial charge in [-0.1, -0.05) is 17.7 Å². The molecule has 1 aliphatic carbocycles. The summed E-state index contributed by atoms with van der Waals surface area (Å²) in [7, 11) is -1.83. The van der Waals surface area contributed by atoms with Crippen molar-refractivity contribution in [2.75, 3.05) is 32.6 Å². The van der Waals surface area contributed by atoms with E-state index in [1.165, 1.54) is 23.5 Å². The van der Waals surface area contributed by atoms with Gasteiger partial charge in [0.2, 0.25) is 10.0 Å². The van der Waals surface area contributed by atoms with Crippen LogP contribution in [0.1, 0.15) is 18.4 Å². The number of thiophene rings is 1. The molecule has 1 amide bonds. The zero-order chi connectivity index (χ0) is 27.0. The summed E-state index contributed by atoms with van der Waals surface area (Å²) < 4.78 is 43.6. The Bertz CT molecular complexity index is 1280. The molecule has 0 radical (unpaired) electrons. The van der Waals surface area contributed by atoms with Crippen LogP contribution >= 0.6 is 11.3 Å². The summed E-state index contributed by atoms with van der Waals surface area (Å²) in [5.41, 5.74) is -2.99. The molecule has 0 unspecified atom stereocenters. The second-order valence-electron chi connectivity index (χ2n) is 9.27. The van der Waals surface area contributed by atoms with Gasteiger partial charge in [-0.2, -0.15) is 4.31 Å². The maximum absolute atomic E-state index is 13.5. The van der Waals surface area contributed by atoms with Gasteiger partial charge in [0, 0.05) is 13.0 Å². The van der Waals surface area contributed by atoms with Crippen molar-refractivity contribution in [1.29, 1.82) is 0 Å². The van der Waals surface area contributed by atoms with Crippen molar-refractivity contribution in [3.63, 3.8) is 0 Å². The van der Waals surface area contributed by atoms with Crippen LogP contribution in [0.4, 0.5) is 9.80 Å². The number of esters is 2. The van der Waals surface area contributed by atoms with Crippen LogP contribution in [0.15, 0.2) is 46.7 Å². The number of rotatable bonds is 6. The van der Waals surface area contributed by atoms with E-state index in [0.29, 0.717) is 5.00 Å². The first-order valence-corrected chi connectivity index (χ1v) is 13.7. The van der Waals surface area contributed by atoms with Crippen LogP contribution in [0.25, 0.3) is 0 Å². The van der Waals surface area contributed by atoms with Gasteiger partial charge in [0.05, 0.1) is 42.5 Å². The Labute approximate surface area is 218 Å². The number of sulfonamides is 1. The Kier molecular flexibility index (Phi) is 7.34. The highest BCUT2D eigenvalue weighted by molar-refractivity contribution is 7.89. The van der Waals surface area contributed by atoms with Gasteiger partial charge in [-0.3, -0.25) is 14.9 Å². The van der Waals surface area contributed by atoms with Gasteiger partial charge in [-0.05, 0) is 43.0 Å². The molecule has 37 heavy (non-hydrogen) atoms. The second kappa shape index (κ2) is 10.0. The summed E-state index contributed by atoms with van der Waals surface area (Å²) in [6, 6.07) is 9.54. The number of anilines is 1. The van der Waals surface area contributed by atoms with Crippen molar-refractivity contribution in [1.82, 2.24) is 4.31 Å². The number of ether oxygens (including phenoxy) is 3. The van der Waals surface area contributed by atoms with Crippen LogP contribution < -0.4 is 5.32 Å². The van der Waals surface area contributed by atoms with Crippen molar-refractivity contribution >= 4 is 44.4 Å².